The van der Waals surface area contributed by atoms with Crippen LogP contribution >= 0.6 is 11.6 Å². The summed E-state index contributed by atoms with van der Waals surface area (Å²) >= 11 is 6.30. The van der Waals surface area contributed by atoms with Gasteiger partial charge in [0.1, 0.15) is 0 Å². The summed E-state index contributed by atoms with van der Waals surface area (Å²) in [4.78, 5) is 0. The van der Waals surface area contributed by atoms with Crippen molar-refractivity contribution in [1.82, 2.24) is 0 Å². The van der Waals surface area contributed by atoms with Crippen molar-refractivity contribution < 1.29 is 0 Å². The van der Waals surface area contributed by atoms with E-state index in [1.165, 1.54) is 30.4 Å². The molecule has 2 rings (SSSR count). The molecule has 1 aliphatic rings. The van der Waals surface area contributed by atoms with Gasteiger partial charge in [-0.05, 0) is 49.3 Å². The summed E-state index contributed by atoms with van der Waals surface area (Å²) in [5, 5.41) is 0.868. The lowest BCUT2D eigenvalue weighted by atomic mass is 9.71. The Kier molecular flexibility index (Phi) is 3.79. The standard InChI is InChI=1S/C15H22ClN/c1-11-6-7-13(14(16)9-11)10-15(17)8-4-3-5-12(15)2/h6-7,9,12H,3-5,8,10,17H2,1-2H3. The molecule has 0 aromatic heterocycles. The Morgan fingerprint density at radius 2 is 2.18 bits per heavy atom. The molecule has 2 N–H and O–H groups in total. The highest BCUT2D eigenvalue weighted by molar-refractivity contribution is 6.31. The third-order valence-electron chi connectivity index (χ3n) is 4.24. The Morgan fingerprint density at radius 3 is 2.82 bits per heavy atom. The first-order valence-corrected chi connectivity index (χ1v) is 6.93. The van der Waals surface area contributed by atoms with E-state index in [1.807, 2.05) is 6.07 Å². The first-order chi connectivity index (χ1) is 8.01. The summed E-state index contributed by atoms with van der Waals surface area (Å²) in [6.07, 6.45) is 5.86. The van der Waals surface area contributed by atoms with Crippen LogP contribution in [0.25, 0.3) is 0 Å². The van der Waals surface area contributed by atoms with E-state index in [2.05, 4.69) is 26.0 Å². The zero-order chi connectivity index (χ0) is 12.5. The molecule has 1 aliphatic carbocycles. The second-order valence-corrected chi connectivity index (χ2v) is 6.06. The highest BCUT2D eigenvalue weighted by atomic mass is 35.5. The number of benzene rings is 1. The lowest BCUT2D eigenvalue weighted by Crippen LogP contribution is -2.50. The molecule has 1 aromatic carbocycles. The van der Waals surface area contributed by atoms with E-state index < -0.39 is 0 Å². The van der Waals surface area contributed by atoms with E-state index in [0.717, 1.165) is 17.9 Å². The molecule has 1 nitrogen and oxygen atoms in total. The summed E-state index contributed by atoms with van der Waals surface area (Å²) in [6.45, 7) is 4.35. The Labute approximate surface area is 109 Å². The van der Waals surface area contributed by atoms with Gasteiger partial charge in [-0.2, -0.15) is 0 Å². The van der Waals surface area contributed by atoms with Gasteiger partial charge in [0.25, 0.3) is 0 Å². The number of halogens is 1. The molecule has 17 heavy (non-hydrogen) atoms. The fourth-order valence-corrected chi connectivity index (χ4v) is 3.15. The minimum absolute atomic E-state index is 0.0584. The number of hydrogen-bond donors (Lipinski definition) is 1. The van der Waals surface area contributed by atoms with Crippen LogP contribution in [0.4, 0.5) is 0 Å². The van der Waals surface area contributed by atoms with Crippen LogP contribution in [0.3, 0.4) is 0 Å². The van der Waals surface area contributed by atoms with Gasteiger partial charge in [0.05, 0.1) is 0 Å². The minimum Gasteiger partial charge on any atom is -0.325 e. The van der Waals surface area contributed by atoms with Crippen LogP contribution in [-0.4, -0.2) is 5.54 Å². The van der Waals surface area contributed by atoms with Gasteiger partial charge >= 0.3 is 0 Å². The van der Waals surface area contributed by atoms with E-state index >= 15 is 0 Å². The molecule has 0 spiro atoms. The summed E-state index contributed by atoms with van der Waals surface area (Å²) in [5.41, 5.74) is 8.94. The topological polar surface area (TPSA) is 26.0 Å². The summed E-state index contributed by atoms with van der Waals surface area (Å²) in [5.74, 6) is 0.591. The van der Waals surface area contributed by atoms with E-state index in [-0.39, 0.29) is 5.54 Å². The van der Waals surface area contributed by atoms with Crippen LogP contribution in [0.2, 0.25) is 5.02 Å². The number of nitrogens with two attached hydrogens (primary N) is 1. The average Bonchev–Trinajstić information content (AvgIpc) is 2.27. The molecular formula is C15H22ClN. The van der Waals surface area contributed by atoms with Gasteiger partial charge in [-0.25, -0.2) is 0 Å². The van der Waals surface area contributed by atoms with Gasteiger partial charge in [-0.15, -0.1) is 0 Å². The number of rotatable bonds is 2. The van der Waals surface area contributed by atoms with Crippen molar-refractivity contribution in [3.05, 3.63) is 34.3 Å². The first kappa shape index (κ1) is 12.9. The third kappa shape index (κ3) is 2.83. The molecule has 0 radical (unpaired) electrons. The van der Waals surface area contributed by atoms with Gasteiger partial charge < -0.3 is 5.73 Å². The molecule has 1 fully saturated rings. The molecule has 2 unspecified atom stereocenters. The lowest BCUT2D eigenvalue weighted by molar-refractivity contribution is 0.204. The quantitative estimate of drug-likeness (QED) is 0.842. The van der Waals surface area contributed by atoms with Crippen LogP contribution in [0.5, 0.6) is 0 Å². The van der Waals surface area contributed by atoms with Crippen molar-refractivity contribution >= 4 is 11.6 Å². The predicted molar refractivity (Wildman–Crippen MR) is 74.4 cm³/mol. The van der Waals surface area contributed by atoms with E-state index in [9.17, 15) is 0 Å². The van der Waals surface area contributed by atoms with E-state index in [0.29, 0.717) is 5.92 Å². The highest BCUT2D eigenvalue weighted by Gasteiger charge is 2.34. The smallest absolute Gasteiger partial charge is 0.0441 e. The molecule has 0 amide bonds. The Bertz CT molecular complexity index is 402. The van der Waals surface area contributed by atoms with Crippen molar-refractivity contribution in [1.29, 1.82) is 0 Å². The summed E-state index contributed by atoms with van der Waals surface area (Å²) in [7, 11) is 0. The molecule has 1 aromatic rings. The third-order valence-corrected chi connectivity index (χ3v) is 4.59. The fourth-order valence-electron chi connectivity index (χ4n) is 2.85. The Balaban J connectivity index is 2.19. The molecule has 2 heteroatoms. The second-order valence-electron chi connectivity index (χ2n) is 5.65. The normalized spacial score (nSPS) is 29.3. The van der Waals surface area contributed by atoms with Crippen LogP contribution in [0, 0.1) is 12.8 Å². The molecule has 0 saturated heterocycles. The molecule has 0 heterocycles. The van der Waals surface area contributed by atoms with Gasteiger partial charge in [-0.1, -0.05) is 43.5 Å². The monoisotopic (exact) mass is 251 g/mol. The lowest BCUT2D eigenvalue weighted by Gasteiger charge is -2.40. The SMILES string of the molecule is Cc1ccc(CC2(N)CCCCC2C)c(Cl)c1. The van der Waals surface area contributed by atoms with Crippen LogP contribution < -0.4 is 5.73 Å². The van der Waals surface area contributed by atoms with Gasteiger partial charge in [0, 0.05) is 10.6 Å². The van der Waals surface area contributed by atoms with Crippen molar-refractivity contribution in [3.8, 4) is 0 Å². The minimum atomic E-state index is -0.0584. The maximum Gasteiger partial charge on any atom is 0.0441 e. The first-order valence-electron chi connectivity index (χ1n) is 6.55. The summed E-state index contributed by atoms with van der Waals surface area (Å²) < 4.78 is 0. The van der Waals surface area contributed by atoms with Gasteiger partial charge in [0.2, 0.25) is 0 Å². The molecule has 2 atom stereocenters. The highest BCUT2D eigenvalue weighted by Crippen LogP contribution is 2.35. The Morgan fingerprint density at radius 1 is 1.41 bits per heavy atom. The summed E-state index contributed by atoms with van der Waals surface area (Å²) in [6, 6.07) is 6.29. The molecule has 94 valence electrons. The fraction of sp³-hybridized carbons (Fsp3) is 0.600. The number of hydrogen-bond acceptors (Lipinski definition) is 1. The predicted octanol–water partition coefficient (Wildman–Crippen LogP) is 4.10. The van der Waals surface area contributed by atoms with Crippen molar-refractivity contribution in [2.45, 2.75) is 51.5 Å². The van der Waals surface area contributed by atoms with Gasteiger partial charge in [-0.3, -0.25) is 0 Å². The molecular weight excluding hydrogens is 230 g/mol. The zero-order valence-electron chi connectivity index (χ0n) is 10.8. The second kappa shape index (κ2) is 4.99. The van der Waals surface area contributed by atoms with Crippen molar-refractivity contribution in [2.24, 2.45) is 11.7 Å². The van der Waals surface area contributed by atoms with Crippen molar-refractivity contribution in [2.75, 3.05) is 0 Å². The largest absolute Gasteiger partial charge is 0.325 e. The van der Waals surface area contributed by atoms with Crippen molar-refractivity contribution in [3.63, 3.8) is 0 Å². The van der Waals surface area contributed by atoms with E-state index in [1.54, 1.807) is 0 Å². The molecule has 0 aliphatic heterocycles. The van der Waals surface area contributed by atoms with E-state index in [4.69, 9.17) is 17.3 Å². The average molecular weight is 252 g/mol. The molecule has 0 bridgehead atoms. The molecule has 1 saturated carbocycles. The van der Waals surface area contributed by atoms with Crippen LogP contribution in [0.1, 0.15) is 43.7 Å². The maximum atomic E-state index is 6.58. The van der Waals surface area contributed by atoms with Gasteiger partial charge in [0.15, 0.2) is 0 Å². The Hall–Kier alpha value is -0.530. The zero-order valence-corrected chi connectivity index (χ0v) is 11.6. The van der Waals surface area contributed by atoms with Crippen LogP contribution in [-0.2, 0) is 6.42 Å². The maximum absolute atomic E-state index is 6.58. The van der Waals surface area contributed by atoms with Crippen LogP contribution in [0.15, 0.2) is 18.2 Å². The number of aryl methyl sites for hydroxylation is 1.